The van der Waals surface area contributed by atoms with E-state index in [0.717, 1.165) is 44.0 Å². The summed E-state index contributed by atoms with van der Waals surface area (Å²) in [4.78, 5) is 23.9. The number of nitrogens with one attached hydrogen (secondary N) is 1. The number of rotatable bonds is 2. The van der Waals surface area contributed by atoms with Gasteiger partial charge in [-0.15, -0.1) is 0 Å². The van der Waals surface area contributed by atoms with Crippen molar-refractivity contribution in [3.63, 3.8) is 0 Å². The van der Waals surface area contributed by atoms with Gasteiger partial charge in [0, 0.05) is 38.7 Å². The van der Waals surface area contributed by atoms with Crippen LogP contribution in [0.4, 0.5) is 11.6 Å². The number of hydrazine groups is 1. The molecule has 7 heteroatoms. The van der Waals surface area contributed by atoms with E-state index >= 15 is 0 Å². The average Bonchev–Trinajstić information content (AvgIpc) is 2.65. The summed E-state index contributed by atoms with van der Waals surface area (Å²) < 4.78 is 0. The van der Waals surface area contributed by atoms with Crippen LogP contribution in [0.15, 0.2) is 6.33 Å². The van der Waals surface area contributed by atoms with Crippen molar-refractivity contribution in [3.8, 4) is 0 Å². The second-order valence-corrected chi connectivity index (χ2v) is 4.66. The molecule has 104 valence electrons. The van der Waals surface area contributed by atoms with Gasteiger partial charge in [-0.05, 0) is 13.3 Å². The van der Waals surface area contributed by atoms with Crippen LogP contribution in [0.25, 0.3) is 0 Å². The van der Waals surface area contributed by atoms with Crippen LogP contribution in [0, 0.1) is 6.92 Å². The molecule has 0 aliphatic carbocycles. The Labute approximate surface area is 112 Å². The highest BCUT2D eigenvalue weighted by Crippen LogP contribution is 2.22. The van der Waals surface area contributed by atoms with E-state index in [1.165, 1.54) is 6.33 Å². The van der Waals surface area contributed by atoms with Gasteiger partial charge in [-0.1, -0.05) is 0 Å². The van der Waals surface area contributed by atoms with Crippen molar-refractivity contribution >= 4 is 17.5 Å². The van der Waals surface area contributed by atoms with Gasteiger partial charge in [0.15, 0.2) is 0 Å². The molecule has 0 bridgehead atoms. The highest BCUT2D eigenvalue weighted by atomic mass is 16.2. The zero-order chi connectivity index (χ0) is 13.8. The molecule has 1 aromatic heterocycles. The monoisotopic (exact) mass is 264 g/mol. The number of nitrogen functional groups attached to an aromatic ring is 1. The van der Waals surface area contributed by atoms with Crippen molar-refractivity contribution in [2.24, 2.45) is 5.84 Å². The van der Waals surface area contributed by atoms with Crippen molar-refractivity contribution in [3.05, 3.63) is 11.9 Å². The number of hydrogen-bond acceptors (Lipinski definition) is 6. The smallest absolute Gasteiger partial charge is 0.219 e. The van der Waals surface area contributed by atoms with Crippen molar-refractivity contribution < 1.29 is 4.79 Å². The summed E-state index contributed by atoms with van der Waals surface area (Å²) in [7, 11) is 0. The lowest BCUT2D eigenvalue weighted by Gasteiger charge is -2.24. The minimum Gasteiger partial charge on any atom is -0.354 e. The highest BCUT2D eigenvalue weighted by Gasteiger charge is 2.19. The van der Waals surface area contributed by atoms with Crippen LogP contribution in [-0.4, -0.2) is 47.0 Å². The van der Waals surface area contributed by atoms with Gasteiger partial charge in [-0.2, -0.15) is 0 Å². The predicted molar refractivity (Wildman–Crippen MR) is 73.7 cm³/mol. The normalized spacial score (nSPS) is 16.2. The summed E-state index contributed by atoms with van der Waals surface area (Å²) in [6, 6.07) is 0. The standard InChI is InChI=1S/C12H20N6O/c1-9-11(16-13)14-8-15-12(9)18-5-3-4-17(6-7-18)10(2)19/h8H,3-7,13H2,1-2H3,(H,14,15,16). The Balaban J connectivity index is 2.16. The number of aromatic nitrogens is 2. The maximum Gasteiger partial charge on any atom is 0.219 e. The van der Waals surface area contributed by atoms with Gasteiger partial charge < -0.3 is 15.2 Å². The first kappa shape index (κ1) is 13.5. The van der Waals surface area contributed by atoms with Gasteiger partial charge in [-0.3, -0.25) is 4.79 Å². The molecule has 1 fully saturated rings. The topological polar surface area (TPSA) is 87.4 Å². The Morgan fingerprint density at radius 2 is 2.11 bits per heavy atom. The molecule has 0 aromatic carbocycles. The van der Waals surface area contributed by atoms with E-state index in [2.05, 4.69) is 20.3 Å². The molecule has 2 rings (SSSR count). The third-order valence-electron chi connectivity index (χ3n) is 3.43. The molecule has 0 spiro atoms. The van der Waals surface area contributed by atoms with Crippen LogP contribution in [0.3, 0.4) is 0 Å². The number of hydrogen-bond donors (Lipinski definition) is 2. The Hall–Kier alpha value is -1.89. The summed E-state index contributed by atoms with van der Waals surface area (Å²) in [5.41, 5.74) is 3.51. The molecule has 0 unspecified atom stereocenters. The second-order valence-electron chi connectivity index (χ2n) is 4.66. The zero-order valence-electron chi connectivity index (χ0n) is 11.4. The molecule has 1 aliphatic heterocycles. The summed E-state index contributed by atoms with van der Waals surface area (Å²) in [6.45, 7) is 6.75. The van der Waals surface area contributed by atoms with Crippen molar-refractivity contribution in [2.75, 3.05) is 36.5 Å². The number of carbonyl (C=O) groups excluding carboxylic acids is 1. The second kappa shape index (κ2) is 5.83. The number of carbonyl (C=O) groups is 1. The number of nitrogens with zero attached hydrogens (tertiary/aromatic N) is 4. The maximum absolute atomic E-state index is 11.4. The quantitative estimate of drug-likeness (QED) is 0.583. The molecule has 3 N–H and O–H groups in total. The minimum absolute atomic E-state index is 0.130. The zero-order valence-corrected chi connectivity index (χ0v) is 11.4. The Kier molecular flexibility index (Phi) is 4.16. The molecule has 0 atom stereocenters. The Morgan fingerprint density at radius 3 is 2.79 bits per heavy atom. The largest absolute Gasteiger partial charge is 0.354 e. The first-order valence-corrected chi connectivity index (χ1v) is 6.42. The average molecular weight is 264 g/mol. The fourth-order valence-corrected chi connectivity index (χ4v) is 2.35. The lowest BCUT2D eigenvalue weighted by Crippen LogP contribution is -2.34. The molecule has 1 saturated heterocycles. The number of amides is 1. The third-order valence-corrected chi connectivity index (χ3v) is 3.43. The molecule has 1 aromatic rings. The van der Waals surface area contributed by atoms with Crippen LogP contribution in [-0.2, 0) is 4.79 Å². The highest BCUT2D eigenvalue weighted by molar-refractivity contribution is 5.73. The van der Waals surface area contributed by atoms with Crippen LogP contribution < -0.4 is 16.2 Å². The summed E-state index contributed by atoms with van der Waals surface area (Å²) in [5, 5.41) is 0. The molecule has 1 amide bonds. The molecule has 0 saturated carbocycles. The van der Waals surface area contributed by atoms with Crippen LogP contribution in [0.1, 0.15) is 18.9 Å². The molecule has 1 aliphatic rings. The van der Waals surface area contributed by atoms with Gasteiger partial charge in [0.1, 0.15) is 18.0 Å². The lowest BCUT2D eigenvalue weighted by atomic mass is 10.2. The predicted octanol–water partition coefficient (Wildman–Crippen LogP) is 0.129. The molecule has 2 heterocycles. The third kappa shape index (κ3) is 2.93. The number of anilines is 2. The van der Waals surface area contributed by atoms with Gasteiger partial charge in [-0.25, -0.2) is 15.8 Å². The summed E-state index contributed by atoms with van der Waals surface area (Å²) in [6.07, 6.45) is 2.44. The van der Waals surface area contributed by atoms with E-state index in [4.69, 9.17) is 5.84 Å². The fraction of sp³-hybridized carbons (Fsp3) is 0.583. The van der Waals surface area contributed by atoms with Crippen molar-refractivity contribution in [1.29, 1.82) is 0 Å². The first-order valence-electron chi connectivity index (χ1n) is 6.42. The first-order chi connectivity index (χ1) is 9.13. The van der Waals surface area contributed by atoms with Crippen LogP contribution in [0.2, 0.25) is 0 Å². The van der Waals surface area contributed by atoms with E-state index in [1.54, 1.807) is 6.92 Å². The SMILES string of the molecule is CC(=O)N1CCCN(c2ncnc(NN)c2C)CC1. The van der Waals surface area contributed by atoms with Crippen LogP contribution in [0.5, 0.6) is 0 Å². The molecular formula is C12H20N6O. The maximum atomic E-state index is 11.4. The molecule has 19 heavy (non-hydrogen) atoms. The summed E-state index contributed by atoms with van der Waals surface area (Å²) in [5.74, 6) is 7.08. The van der Waals surface area contributed by atoms with Gasteiger partial charge in [0.25, 0.3) is 0 Å². The Bertz CT molecular complexity index is 464. The molecule has 7 nitrogen and oxygen atoms in total. The Morgan fingerprint density at radius 1 is 1.32 bits per heavy atom. The minimum atomic E-state index is 0.130. The fourth-order valence-electron chi connectivity index (χ4n) is 2.35. The number of nitrogens with two attached hydrogens (primary N) is 1. The van der Waals surface area contributed by atoms with Gasteiger partial charge >= 0.3 is 0 Å². The van der Waals surface area contributed by atoms with Crippen molar-refractivity contribution in [2.45, 2.75) is 20.3 Å². The van der Waals surface area contributed by atoms with E-state index in [0.29, 0.717) is 5.82 Å². The van der Waals surface area contributed by atoms with E-state index in [1.807, 2.05) is 11.8 Å². The van der Waals surface area contributed by atoms with Gasteiger partial charge in [0.05, 0.1) is 0 Å². The van der Waals surface area contributed by atoms with E-state index < -0.39 is 0 Å². The molecular weight excluding hydrogens is 244 g/mol. The van der Waals surface area contributed by atoms with E-state index in [9.17, 15) is 4.79 Å². The molecule has 0 radical (unpaired) electrons. The van der Waals surface area contributed by atoms with Crippen LogP contribution >= 0.6 is 0 Å². The van der Waals surface area contributed by atoms with E-state index in [-0.39, 0.29) is 5.91 Å². The van der Waals surface area contributed by atoms with Crippen molar-refractivity contribution in [1.82, 2.24) is 14.9 Å². The van der Waals surface area contributed by atoms with Gasteiger partial charge in [0.2, 0.25) is 5.91 Å². The summed E-state index contributed by atoms with van der Waals surface area (Å²) >= 11 is 0. The lowest BCUT2D eigenvalue weighted by molar-refractivity contribution is -0.128.